The number of carbonyl (C=O) groups is 3. The van der Waals surface area contributed by atoms with Crippen molar-refractivity contribution in [3.8, 4) is 0 Å². The van der Waals surface area contributed by atoms with Crippen molar-refractivity contribution in [2.45, 2.75) is 33.6 Å². The van der Waals surface area contributed by atoms with Crippen LogP contribution in [0.5, 0.6) is 0 Å². The van der Waals surface area contributed by atoms with Gasteiger partial charge in [-0.05, 0) is 51.3 Å². The van der Waals surface area contributed by atoms with Crippen molar-refractivity contribution in [1.29, 1.82) is 0 Å². The first-order valence-electron chi connectivity index (χ1n) is 9.92. The Labute approximate surface area is 167 Å². The van der Waals surface area contributed by atoms with Crippen LogP contribution in [0.1, 0.15) is 30.9 Å². The maximum atomic E-state index is 12.5. The van der Waals surface area contributed by atoms with E-state index < -0.39 is 0 Å². The van der Waals surface area contributed by atoms with E-state index in [4.69, 9.17) is 0 Å². The van der Waals surface area contributed by atoms with Crippen molar-refractivity contribution in [2.75, 3.05) is 45.1 Å². The molecule has 0 radical (unpaired) electrons. The number of para-hydroxylation sites is 1. The molecule has 0 saturated carbocycles. The van der Waals surface area contributed by atoms with Crippen molar-refractivity contribution in [3.63, 3.8) is 0 Å². The van der Waals surface area contributed by atoms with Crippen LogP contribution in [0.15, 0.2) is 18.2 Å². The van der Waals surface area contributed by atoms with E-state index >= 15 is 0 Å². The van der Waals surface area contributed by atoms with Gasteiger partial charge in [0, 0.05) is 25.8 Å². The molecular formula is C21H32N4O3. The molecule has 28 heavy (non-hydrogen) atoms. The number of rotatable bonds is 7. The predicted molar refractivity (Wildman–Crippen MR) is 110 cm³/mol. The highest BCUT2D eigenvalue weighted by Gasteiger charge is 2.27. The van der Waals surface area contributed by atoms with Gasteiger partial charge in [-0.2, -0.15) is 0 Å². The van der Waals surface area contributed by atoms with E-state index in [0.29, 0.717) is 13.1 Å². The Morgan fingerprint density at radius 2 is 1.89 bits per heavy atom. The maximum absolute atomic E-state index is 12.5. The molecule has 0 bridgehead atoms. The number of likely N-dealkylation sites (tertiary alicyclic amines) is 1. The SMILES string of the molecule is CCNC(=O)C1CCCN(CC(=O)N(C)CC(=O)Nc2c(C)cccc2C)C1. The summed E-state index contributed by atoms with van der Waals surface area (Å²) < 4.78 is 0. The Hall–Kier alpha value is -2.41. The molecular weight excluding hydrogens is 356 g/mol. The van der Waals surface area contributed by atoms with Crippen molar-refractivity contribution < 1.29 is 14.4 Å². The van der Waals surface area contributed by atoms with Gasteiger partial charge in [0.25, 0.3) is 0 Å². The highest BCUT2D eigenvalue weighted by Crippen LogP contribution is 2.19. The van der Waals surface area contributed by atoms with Gasteiger partial charge in [-0.3, -0.25) is 19.3 Å². The van der Waals surface area contributed by atoms with E-state index in [1.54, 1.807) is 7.05 Å². The molecule has 3 amide bonds. The van der Waals surface area contributed by atoms with Gasteiger partial charge in [-0.1, -0.05) is 18.2 Å². The first-order valence-corrected chi connectivity index (χ1v) is 9.92. The normalized spacial score (nSPS) is 17.1. The summed E-state index contributed by atoms with van der Waals surface area (Å²) in [7, 11) is 1.64. The average Bonchev–Trinajstić information content (AvgIpc) is 2.65. The maximum Gasteiger partial charge on any atom is 0.243 e. The average molecular weight is 389 g/mol. The zero-order chi connectivity index (χ0) is 20.7. The van der Waals surface area contributed by atoms with Gasteiger partial charge in [0.05, 0.1) is 19.0 Å². The topological polar surface area (TPSA) is 81.8 Å². The van der Waals surface area contributed by atoms with Crippen molar-refractivity contribution >= 4 is 23.4 Å². The van der Waals surface area contributed by atoms with Crippen molar-refractivity contribution in [2.24, 2.45) is 5.92 Å². The Bertz CT molecular complexity index is 699. The Balaban J connectivity index is 1.85. The van der Waals surface area contributed by atoms with Gasteiger partial charge in [0.1, 0.15) is 0 Å². The van der Waals surface area contributed by atoms with Crippen LogP contribution in [-0.4, -0.2) is 67.3 Å². The fraction of sp³-hybridized carbons (Fsp3) is 0.571. The van der Waals surface area contributed by atoms with Crippen LogP contribution >= 0.6 is 0 Å². The number of piperidine rings is 1. The summed E-state index contributed by atoms with van der Waals surface area (Å²) in [4.78, 5) is 40.4. The molecule has 1 fully saturated rings. The second-order valence-corrected chi connectivity index (χ2v) is 7.53. The number of aryl methyl sites for hydroxylation is 2. The summed E-state index contributed by atoms with van der Waals surface area (Å²) >= 11 is 0. The third-order valence-corrected chi connectivity index (χ3v) is 5.14. The van der Waals surface area contributed by atoms with Crippen LogP contribution in [-0.2, 0) is 14.4 Å². The molecule has 1 heterocycles. The van der Waals surface area contributed by atoms with Crippen LogP contribution in [0.4, 0.5) is 5.69 Å². The molecule has 1 atom stereocenters. The molecule has 0 aliphatic carbocycles. The molecule has 1 aromatic carbocycles. The number of nitrogens with one attached hydrogen (secondary N) is 2. The zero-order valence-corrected chi connectivity index (χ0v) is 17.4. The number of benzene rings is 1. The molecule has 1 aliphatic rings. The van der Waals surface area contributed by atoms with Gasteiger partial charge < -0.3 is 15.5 Å². The summed E-state index contributed by atoms with van der Waals surface area (Å²) in [5, 5.41) is 5.76. The number of likely N-dealkylation sites (N-methyl/N-ethyl adjacent to an activating group) is 1. The molecule has 7 heteroatoms. The second kappa shape index (κ2) is 10.2. The van der Waals surface area contributed by atoms with Gasteiger partial charge in [-0.25, -0.2) is 0 Å². The lowest BCUT2D eigenvalue weighted by Crippen LogP contribution is -2.47. The minimum absolute atomic E-state index is 0.000195. The predicted octanol–water partition coefficient (Wildman–Crippen LogP) is 1.55. The molecule has 1 unspecified atom stereocenters. The number of hydrogen-bond acceptors (Lipinski definition) is 4. The summed E-state index contributed by atoms with van der Waals surface area (Å²) in [6.45, 7) is 8.01. The van der Waals surface area contributed by atoms with E-state index in [1.807, 2.05) is 43.9 Å². The first kappa shape index (κ1) is 21.9. The van der Waals surface area contributed by atoms with Crippen LogP contribution in [0, 0.1) is 19.8 Å². The van der Waals surface area contributed by atoms with E-state index in [2.05, 4.69) is 10.6 Å². The molecule has 1 aliphatic heterocycles. The van der Waals surface area contributed by atoms with E-state index in [-0.39, 0.29) is 36.7 Å². The number of carbonyl (C=O) groups excluding carboxylic acids is 3. The molecule has 154 valence electrons. The monoisotopic (exact) mass is 388 g/mol. The van der Waals surface area contributed by atoms with E-state index in [9.17, 15) is 14.4 Å². The summed E-state index contributed by atoms with van der Waals surface area (Å²) in [5.74, 6) is -0.347. The fourth-order valence-electron chi connectivity index (χ4n) is 3.54. The molecule has 2 N–H and O–H groups in total. The van der Waals surface area contributed by atoms with Crippen LogP contribution in [0.2, 0.25) is 0 Å². The smallest absolute Gasteiger partial charge is 0.243 e. The highest BCUT2D eigenvalue weighted by atomic mass is 16.2. The van der Waals surface area contributed by atoms with E-state index in [1.165, 1.54) is 4.90 Å². The lowest BCUT2D eigenvalue weighted by Gasteiger charge is -2.32. The minimum Gasteiger partial charge on any atom is -0.356 e. The lowest BCUT2D eigenvalue weighted by molar-refractivity contribution is -0.135. The van der Waals surface area contributed by atoms with Crippen LogP contribution in [0.3, 0.4) is 0 Å². The van der Waals surface area contributed by atoms with Gasteiger partial charge >= 0.3 is 0 Å². The van der Waals surface area contributed by atoms with Gasteiger partial charge in [0.15, 0.2) is 0 Å². The number of nitrogens with zero attached hydrogens (tertiary/aromatic N) is 2. The Morgan fingerprint density at radius 3 is 2.54 bits per heavy atom. The van der Waals surface area contributed by atoms with Gasteiger partial charge in [-0.15, -0.1) is 0 Å². The third kappa shape index (κ3) is 6.05. The van der Waals surface area contributed by atoms with Crippen molar-refractivity contribution in [1.82, 2.24) is 15.1 Å². The Morgan fingerprint density at radius 1 is 1.21 bits per heavy atom. The molecule has 1 saturated heterocycles. The number of amides is 3. The summed E-state index contributed by atoms with van der Waals surface area (Å²) in [6.07, 6.45) is 1.75. The quantitative estimate of drug-likeness (QED) is 0.743. The molecule has 0 aromatic heterocycles. The molecule has 1 aromatic rings. The Kier molecular flexibility index (Phi) is 7.99. The van der Waals surface area contributed by atoms with Crippen molar-refractivity contribution in [3.05, 3.63) is 29.3 Å². The van der Waals surface area contributed by atoms with Crippen LogP contribution in [0.25, 0.3) is 0 Å². The fourth-order valence-corrected chi connectivity index (χ4v) is 3.54. The number of anilines is 1. The zero-order valence-electron chi connectivity index (χ0n) is 17.4. The summed E-state index contributed by atoms with van der Waals surface area (Å²) in [5.41, 5.74) is 2.79. The third-order valence-electron chi connectivity index (χ3n) is 5.14. The highest BCUT2D eigenvalue weighted by molar-refractivity contribution is 5.95. The number of hydrogen-bond donors (Lipinski definition) is 2. The van der Waals surface area contributed by atoms with E-state index in [0.717, 1.165) is 36.2 Å². The van der Waals surface area contributed by atoms with Crippen LogP contribution < -0.4 is 10.6 Å². The molecule has 2 rings (SSSR count). The molecule has 0 spiro atoms. The largest absolute Gasteiger partial charge is 0.356 e. The second-order valence-electron chi connectivity index (χ2n) is 7.53. The minimum atomic E-state index is -0.216. The molecule has 7 nitrogen and oxygen atoms in total. The summed E-state index contributed by atoms with van der Waals surface area (Å²) in [6, 6.07) is 5.83. The first-order chi connectivity index (χ1) is 13.3. The van der Waals surface area contributed by atoms with Gasteiger partial charge in [0.2, 0.25) is 17.7 Å². The standard InChI is InChI=1S/C21H32N4O3/c1-5-22-21(28)17-10-7-11-25(12-17)14-19(27)24(4)13-18(26)23-20-15(2)8-6-9-16(20)3/h6,8-9,17H,5,7,10-14H2,1-4H3,(H,22,28)(H,23,26). The lowest BCUT2D eigenvalue weighted by atomic mass is 9.97.